The van der Waals surface area contributed by atoms with Gasteiger partial charge in [0.25, 0.3) is 0 Å². The molecular formula is C26H20N4OS. The van der Waals surface area contributed by atoms with Crippen molar-refractivity contribution < 1.29 is 4.79 Å². The van der Waals surface area contributed by atoms with Crippen LogP contribution in [0.4, 0.5) is 4.79 Å². The molecule has 1 aliphatic heterocycles. The van der Waals surface area contributed by atoms with E-state index >= 15 is 0 Å². The summed E-state index contributed by atoms with van der Waals surface area (Å²) in [5.74, 6) is 0. The summed E-state index contributed by atoms with van der Waals surface area (Å²) in [7, 11) is 0. The summed E-state index contributed by atoms with van der Waals surface area (Å²) in [6.07, 6.45) is 3.81. The maximum Gasteiger partial charge on any atom is 0.315 e. The van der Waals surface area contributed by atoms with E-state index in [1.807, 2.05) is 48.8 Å². The molecule has 3 aromatic heterocycles. The van der Waals surface area contributed by atoms with Crippen molar-refractivity contribution in [3.05, 3.63) is 101 Å². The first-order chi connectivity index (χ1) is 15.7. The molecule has 1 atom stereocenters. The number of nitrogens with two attached hydrogens (primary N) is 1. The summed E-state index contributed by atoms with van der Waals surface area (Å²) < 4.78 is 0. The van der Waals surface area contributed by atoms with Gasteiger partial charge in [-0.3, -0.25) is 4.98 Å². The zero-order chi connectivity index (χ0) is 21.7. The van der Waals surface area contributed by atoms with Crippen LogP contribution in [0.2, 0.25) is 0 Å². The standard InChI is InChI=1S/C26H20N4OS/c27-26(31)30-14-17-11-16(18-12-24(32-15-18)23-7-3-4-10-28-23)8-9-19(17)25(30)21-13-29-22-6-2-1-5-20(21)22/h1-13,15,25,29H,14H2,(H2,27,31). The van der Waals surface area contributed by atoms with Crippen LogP contribution in [0.5, 0.6) is 0 Å². The number of aromatic amines is 1. The van der Waals surface area contributed by atoms with Crippen LogP contribution >= 0.6 is 11.3 Å². The maximum absolute atomic E-state index is 12.4. The van der Waals surface area contributed by atoms with Crippen LogP contribution in [0.25, 0.3) is 32.6 Å². The van der Waals surface area contributed by atoms with E-state index < -0.39 is 6.03 Å². The molecule has 32 heavy (non-hydrogen) atoms. The first-order valence-electron chi connectivity index (χ1n) is 10.4. The van der Waals surface area contributed by atoms with Gasteiger partial charge in [0.05, 0.1) is 16.6 Å². The van der Waals surface area contributed by atoms with Crippen molar-refractivity contribution in [3.63, 3.8) is 0 Å². The summed E-state index contributed by atoms with van der Waals surface area (Å²) in [6, 6.07) is 22.1. The number of H-pyrrole nitrogens is 1. The predicted molar refractivity (Wildman–Crippen MR) is 128 cm³/mol. The second kappa shape index (κ2) is 7.35. The number of amides is 2. The molecule has 6 heteroatoms. The molecule has 5 nitrogen and oxygen atoms in total. The molecule has 2 amide bonds. The Balaban J connectivity index is 1.41. The molecule has 1 unspecified atom stereocenters. The number of aromatic nitrogens is 2. The van der Waals surface area contributed by atoms with Gasteiger partial charge in [0.2, 0.25) is 0 Å². The summed E-state index contributed by atoms with van der Waals surface area (Å²) >= 11 is 1.69. The summed E-state index contributed by atoms with van der Waals surface area (Å²) in [5, 5.41) is 3.27. The Morgan fingerprint density at radius 2 is 1.91 bits per heavy atom. The van der Waals surface area contributed by atoms with Crippen molar-refractivity contribution >= 4 is 28.3 Å². The first kappa shape index (κ1) is 18.8. The minimum Gasteiger partial charge on any atom is -0.361 e. The Morgan fingerprint density at radius 3 is 2.75 bits per heavy atom. The fraction of sp³-hybridized carbons (Fsp3) is 0.0769. The van der Waals surface area contributed by atoms with Crippen LogP contribution in [-0.4, -0.2) is 20.9 Å². The fourth-order valence-electron chi connectivity index (χ4n) is 4.62. The number of carbonyl (C=O) groups is 1. The Labute approximate surface area is 189 Å². The minimum absolute atomic E-state index is 0.195. The van der Waals surface area contributed by atoms with Gasteiger partial charge in [-0.15, -0.1) is 11.3 Å². The lowest BCUT2D eigenvalue weighted by Gasteiger charge is -2.23. The van der Waals surface area contributed by atoms with E-state index in [0.717, 1.165) is 49.3 Å². The largest absolute Gasteiger partial charge is 0.361 e. The predicted octanol–water partition coefficient (Wildman–Crippen LogP) is 5.94. The summed E-state index contributed by atoms with van der Waals surface area (Å²) in [6.45, 7) is 0.500. The molecule has 0 radical (unpaired) electrons. The quantitative estimate of drug-likeness (QED) is 0.367. The van der Waals surface area contributed by atoms with Crippen LogP contribution in [0.1, 0.15) is 22.7 Å². The lowest BCUT2D eigenvalue weighted by molar-refractivity contribution is 0.199. The molecule has 0 bridgehead atoms. The van der Waals surface area contributed by atoms with E-state index in [4.69, 9.17) is 5.73 Å². The molecule has 0 saturated heterocycles. The van der Waals surface area contributed by atoms with Gasteiger partial charge in [0.15, 0.2) is 0 Å². The monoisotopic (exact) mass is 436 g/mol. The van der Waals surface area contributed by atoms with Gasteiger partial charge in [-0.05, 0) is 58.0 Å². The van der Waals surface area contributed by atoms with Crippen LogP contribution in [0, 0.1) is 0 Å². The third kappa shape index (κ3) is 2.99. The molecule has 0 saturated carbocycles. The number of hydrogen-bond donors (Lipinski definition) is 2. The second-order valence-electron chi connectivity index (χ2n) is 7.99. The number of fused-ring (bicyclic) bond motifs is 2. The summed E-state index contributed by atoms with van der Waals surface area (Å²) in [4.78, 5) is 23.0. The average molecular weight is 437 g/mol. The van der Waals surface area contributed by atoms with Gasteiger partial charge in [-0.25, -0.2) is 4.79 Å². The molecule has 3 N–H and O–H groups in total. The van der Waals surface area contributed by atoms with Gasteiger partial charge in [0.1, 0.15) is 0 Å². The number of para-hydroxylation sites is 1. The highest BCUT2D eigenvalue weighted by Gasteiger charge is 2.35. The molecule has 4 heterocycles. The van der Waals surface area contributed by atoms with Gasteiger partial charge in [-0.2, -0.15) is 0 Å². The van der Waals surface area contributed by atoms with Gasteiger partial charge in [0, 0.05) is 35.4 Å². The number of primary amides is 1. The Bertz CT molecular complexity index is 1450. The highest BCUT2D eigenvalue weighted by atomic mass is 32.1. The first-order valence-corrected chi connectivity index (χ1v) is 11.3. The average Bonchev–Trinajstić information content (AvgIpc) is 3.55. The SMILES string of the molecule is NC(=O)N1Cc2cc(-c3csc(-c4ccccn4)c3)ccc2C1c1c[nH]c2ccccc12. The number of thiophene rings is 1. The highest BCUT2D eigenvalue weighted by molar-refractivity contribution is 7.14. The van der Waals surface area contributed by atoms with Crippen LogP contribution in [0.3, 0.4) is 0 Å². The number of nitrogens with one attached hydrogen (secondary N) is 1. The Morgan fingerprint density at radius 1 is 1.03 bits per heavy atom. The highest BCUT2D eigenvalue weighted by Crippen LogP contribution is 2.43. The lowest BCUT2D eigenvalue weighted by atomic mass is 9.95. The van der Waals surface area contributed by atoms with E-state index in [1.54, 1.807) is 16.2 Å². The molecule has 156 valence electrons. The van der Waals surface area contributed by atoms with Gasteiger partial charge in [-0.1, -0.05) is 36.4 Å². The number of urea groups is 1. The molecule has 6 rings (SSSR count). The number of carbonyl (C=O) groups excluding carboxylic acids is 1. The van der Waals surface area contributed by atoms with Crippen LogP contribution in [-0.2, 0) is 6.54 Å². The topological polar surface area (TPSA) is 75.0 Å². The third-order valence-electron chi connectivity index (χ3n) is 6.14. The van der Waals surface area contributed by atoms with E-state index in [9.17, 15) is 4.79 Å². The van der Waals surface area contributed by atoms with Gasteiger partial charge < -0.3 is 15.6 Å². The van der Waals surface area contributed by atoms with Crippen molar-refractivity contribution in [2.24, 2.45) is 5.73 Å². The van der Waals surface area contributed by atoms with Crippen LogP contribution < -0.4 is 5.73 Å². The normalized spacial score (nSPS) is 15.2. The van der Waals surface area contributed by atoms with Crippen molar-refractivity contribution in [1.29, 1.82) is 0 Å². The zero-order valence-electron chi connectivity index (χ0n) is 17.2. The van der Waals surface area contributed by atoms with E-state index in [2.05, 4.69) is 45.7 Å². The van der Waals surface area contributed by atoms with E-state index in [-0.39, 0.29) is 6.04 Å². The summed E-state index contributed by atoms with van der Waals surface area (Å²) in [5.41, 5.74) is 13.4. The molecule has 0 fully saturated rings. The van der Waals surface area contributed by atoms with Crippen molar-refractivity contribution in [1.82, 2.24) is 14.9 Å². The lowest BCUT2D eigenvalue weighted by Crippen LogP contribution is -2.34. The van der Waals surface area contributed by atoms with Crippen molar-refractivity contribution in [2.45, 2.75) is 12.6 Å². The molecular weight excluding hydrogens is 416 g/mol. The Hall–Kier alpha value is -3.90. The van der Waals surface area contributed by atoms with Crippen LogP contribution in [0.15, 0.2) is 84.5 Å². The fourth-order valence-corrected chi connectivity index (χ4v) is 5.52. The third-order valence-corrected chi connectivity index (χ3v) is 7.09. The number of nitrogens with zero attached hydrogens (tertiary/aromatic N) is 2. The number of hydrogen-bond acceptors (Lipinski definition) is 3. The number of pyridine rings is 1. The van der Waals surface area contributed by atoms with E-state index in [1.165, 1.54) is 0 Å². The molecule has 1 aliphatic rings. The molecule has 5 aromatic rings. The molecule has 0 spiro atoms. The number of benzene rings is 2. The minimum atomic E-state index is -0.411. The molecule has 0 aliphatic carbocycles. The van der Waals surface area contributed by atoms with E-state index in [0.29, 0.717) is 6.54 Å². The smallest absolute Gasteiger partial charge is 0.315 e. The van der Waals surface area contributed by atoms with Crippen molar-refractivity contribution in [3.8, 4) is 21.7 Å². The molecule has 2 aromatic carbocycles. The zero-order valence-corrected chi connectivity index (χ0v) is 18.0. The van der Waals surface area contributed by atoms with Crippen molar-refractivity contribution in [2.75, 3.05) is 0 Å². The van der Waals surface area contributed by atoms with Gasteiger partial charge >= 0.3 is 6.03 Å². The number of rotatable bonds is 3. The Kier molecular flexibility index (Phi) is 4.33. The maximum atomic E-state index is 12.4. The second-order valence-corrected chi connectivity index (χ2v) is 8.90.